The summed E-state index contributed by atoms with van der Waals surface area (Å²) in [6.45, 7) is 5.67. The molecule has 1 fully saturated rings. The lowest BCUT2D eigenvalue weighted by Gasteiger charge is -2.22. The molecule has 0 radical (unpaired) electrons. The number of sulfonamides is 1. The average Bonchev–Trinajstić information content (AvgIpc) is 2.50. The average molecular weight is 276 g/mol. The molecule has 2 atom stereocenters. The summed E-state index contributed by atoms with van der Waals surface area (Å²) >= 11 is 0. The number of rotatable bonds is 7. The fraction of sp³-hybridized carbons (Fsp3) is 1.00. The Bertz CT molecular complexity index is 317. The van der Waals surface area contributed by atoms with E-state index < -0.39 is 10.0 Å². The van der Waals surface area contributed by atoms with Gasteiger partial charge in [-0.2, -0.15) is 0 Å². The molecule has 0 aromatic carbocycles. The quantitative estimate of drug-likeness (QED) is 0.551. The van der Waals surface area contributed by atoms with Crippen LogP contribution in [-0.4, -0.2) is 33.3 Å². The van der Waals surface area contributed by atoms with Crippen LogP contribution in [0.25, 0.3) is 0 Å². The summed E-state index contributed by atoms with van der Waals surface area (Å²) in [5, 5.41) is 3.13. The molecule has 0 aromatic heterocycles. The van der Waals surface area contributed by atoms with Gasteiger partial charge >= 0.3 is 0 Å². The van der Waals surface area contributed by atoms with E-state index in [0.29, 0.717) is 12.5 Å². The van der Waals surface area contributed by atoms with E-state index in [4.69, 9.17) is 0 Å². The van der Waals surface area contributed by atoms with Crippen LogP contribution >= 0.6 is 0 Å². The van der Waals surface area contributed by atoms with Gasteiger partial charge in [0.2, 0.25) is 10.0 Å². The van der Waals surface area contributed by atoms with Crippen molar-refractivity contribution in [2.75, 3.05) is 18.8 Å². The molecule has 0 aliphatic heterocycles. The summed E-state index contributed by atoms with van der Waals surface area (Å²) in [6, 6.07) is 0.142. The molecular weight excluding hydrogens is 248 g/mol. The minimum Gasteiger partial charge on any atom is -0.316 e. The second-order valence-electron chi connectivity index (χ2n) is 5.41. The highest BCUT2D eigenvalue weighted by Crippen LogP contribution is 2.23. The van der Waals surface area contributed by atoms with Crippen molar-refractivity contribution < 1.29 is 8.42 Å². The largest absolute Gasteiger partial charge is 0.316 e. The lowest BCUT2D eigenvalue weighted by atomic mass is 9.98. The number of hydrogen-bond donors (Lipinski definition) is 2. The van der Waals surface area contributed by atoms with Gasteiger partial charge in [-0.15, -0.1) is 0 Å². The summed E-state index contributed by atoms with van der Waals surface area (Å²) in [5.41, 5.74) is 0. The lowest BCUT2D eigenvalue weighted by molar-refractivity contribution is 0.399. The molecule has 0 saturated heterocycles. The van der Waals surface area contributed by atoms with Crippen LogP contribution in [-0.2, 0) is 10.0 Å². The molecule has 1 saturated carbocycles. The van der Waals surface area contributed by atoms with Crippen LogP contribution in [0, 0.1) is 5.92 Å². The molecule has 2 N–H and O–H groups in total. The summed E-state index contributed by atoms with van der Waals surface area (Å²) in [6.07, 6.45) is 6.78. The molecular formula is C13H28N2O2S. The maximum Gasteiger partial charge on any atom is 0.213 e. The Morgan fingerprint density at radius 2 is 1.83 bits per heavy atom. The fourth-order valence-corrected chi connectivity index (χ4v) is 3.81. The van der Waals surface area contributed by atoms with Crippen LogP contribution in [0.4, 0.5) is 0 Å². The molecule has 0 spiro atoms. The molecule has 5 heteroatoms. The van der Waals surface area contributed by atoms with Gasteiger partial charge < -0.3 is 5.32 Å². The first-order valence-electron chi connectivity index (χ1n) is 7.26. The van der Waals surface area contributed by atoms with E-state index in [1.807, 2.05) is 0 Å². The zero-order valence-corrected chi connectivity index (χ0v) is 12.6. The molecule has 0 bridgehead atoms. The second kappa shape index (κ2) is 8.12. The van der Waals surface area contributed by atoms with Gasteiger partial charge in [-0.3, -0.25) is 0 Å². The summed E-state index contributed by atoms with van der Waals surface area (Å²) in [4.78, 5) is 0. The molecule has 0 aromatic rings. The van der Waals surface area contributed by atoms with Crippen LogP contribution in [0.2, 0.25) is 0 Å². The first-order valence-corrected chi connectivity index (χ1v) is 8.91. The standard InChI is InChI=1S/C13H28N2O2S/c1-3-9-14-10-11-18(16,17)15-13-8-6-4-5-7-12(13)2/h12-15H,3-11H2,1-2H3. The van der Waals surface area contributed by atoms with E-state index in [0.717, 1.165) is 32.2 Å². The van der Waals surface area contributed by atoms with Gasteiger partial charge in [0.05, 0.1) is 5.75 Å². The van der Waals surface area contributed by atoms with Crippen molar-refractivity contribution in [1.29, 1.82) is 0 Å². The highest BCUT2D eigenvalue weighted by atomic mass is 32.2. The van der Waals surface area contributed by atoms with Crippen molar-refractivity contribution in [1.82, 2.24) is 10.0 Å². The Hall–Kier alpha value is -0.130. The monoisotopic (exact) mass is 276 g/mol. The molecule has 4 nitrogen and oxygen atoms in total. The van der Waals surface area contributed by atoms with Gasteiger partial charge in [-0.1, -0.05) is 33.1 Å². The molecule has 0 amide bonds. The van der Waals surface area contributed by atoms with E-state index in [-0.39, 0.29) is 11.8 Å². The maximum atomic E-state index is 12.0. The fourth-order valence-electron chi connectivity index (χ4n) is 2.47. The zero-order valence-electron chi connectivity index (χ0n) is 11.7. The maximum absolute atomic E-state index is 12.0. The Labute approximate surface area is 112 Å². The third-order valence-electron chi connectivity index (χ3n) is 3.67. The predicted molar refractivity (Wildman–Crippen MR) is 76.1 cm³/mol. The summed E-state index contributed by atoms with van der Waals surface area (Å²) in [5.74, 6) is 0.654. The highest BCUT2D eigenvalue weighted by molar-refractivity contribution is 7.89. The lowest BCUT2D eigenvalue weighted by Crippen LogP contribution is -2.41. The normalized spacial score (nSPS) is 25.9. The zero-order chi connectivity index (χ0) is 13.4. The van der Waals surface area contributed by atoms with Gasteiger partial charge in [0.1, 0.15) is 0 Å². The molecule has 2 unspecified atom stereocenters. The molecule has 1 aliphatic carbocycles. The minimum absolute atomic E-state index is 0.142. The third-order valence-corrected chi connectivity index (χ3v) is 5.07. The molecule has 1 rings (SSSR count). The topological polar surface area (TPSA) is 58.2 Å². The van der Waals surface area contributed by atoms with Gasteiger partial charge in [-0.05, 0) is 31.7 Å². The summed E-state index contributed by atoms with van der Waals surface area (Å²) in [7, 11) is -3.12. The van der Waals surface area contributed by atoms with Gasteiger partial charge in [0.15, 0.2) is 0 Å². The molecule has 1 aliphatic rings. The van der Waals surface area contributed by atoms with Crippen molar-refractivity contribution in [2.45, 2.75) is 58.4 Å². The molecule has 18 heavy (non-hydrogen) atoms. The van der Waals surface area contributed by atoms with E-state index in [1.54, 1.807) is 0 Å². The smallest absolute Gasteiger partial charge is 0.213 e. The highest BCUT2D eigenvalue weighted by Gasteiger charge is 2.24. The van der Waals surface area contributed by atoms with Crippen LogP contribution in [0.1, 0.15) is 52.4 Å². The Balaban J connectivity index is 2.38. The van der Waals surface area contributed by atoms with Crippen LogP contribution < -0.4 is 10.0 Å². The van der Waals surface area contributed by atoms with E-state index in [9.17, 15) is 8.42 Å². The van der Waals surface area contributed by atoms with Crippen molar-refractivity contribution >= 4 is 10.0 Å². The number of hydrogen-bond acceptors (Lipinski definition) is 3. The van der Waals surface area contributed by atoms with Gasteiger partial charge in [0.25, 0.3) is 0 Å². The van der Waals surface area contributed by atoms with Gasteiger partial charge in [0, 0.05) is 12.6 Å². The van der Waals surface area contributed by atoms with Crippen molar-refractivity contribution in [2.24, 2.45) is 5.92 Å². The molecule has 108 valence electrons. The first kappa shape index (κ1) is 15.9. The Morgan fingerprint density at radius 1 is 1.11 bits per heavy atom. The molecule has 0 heterocycles. The predicted octanol–water partition coefficient (Wildman–Crippen LogP) is 1.87. The minimum atomic E-state index is -3.12. The van der Waals surface area contributed by atoms with Crippen LogP contribution in [0.15, 0.2) is 0 Å². The van der Waals surface area contributed by atoms with Gasteiger partial charge in [-0.25, -0.2) is 13.1 Å². The van der Waals surface area contributed by atoms with E-state index in [1.165, 1.54) is 12.8 Å². The third kappa shape index (κ3) is 6.16. The van der Waals surface area contributed by atoms with E-state index in [2.05, 4.69) is 23.9 Å². The van der Waals surface area contributed by atoms with Crippen molar-refractivity contribution in [3.8, 4) is 0 Å². The van der Waals surface area contributed by atoms with Crippen LogP contribution in [0.5, 0.6) is 0 Å². The Kier molecular flexibility index (Phi) is 7.19. The van der Waals surface area contributed by atoms with E-state index >= 15 is 0 Å². The Morgan fingerprint density at radius 3 is 2.56 bits per heavy atom. The summed E-state index contributed by atoms with van der Waals surface area (Å²) < 4.78 is 26.8. The van der Waals surface area contributed by atoms with Crippen molar-refractivity contribution in [3.05, 3.63) is 0 Å². The first-order chi connectivity index (χ1) is 8.55. The number of nitrogens with one attached hydrogen (secondary N) is 2. The van der Waals surface area contributed by atoms with Crippen LogP contribution in [0.3, 0.4) is 0 Å². The van der Waals surface area contributed by atoms with Crippen molar-refractivity contribution in [3.63, 3.8) is 0 Å². The second-order valence-corrected chi connectivity index (χ2v) is 7.28. The SMILES string of the molecule is CCCNCCS(=O)(=O)NC1CCCCCC1C.